The van der Waals surface area contributed by atoms with E-state index in [4.69, 9.17) is 49.3 Å². The Morgan fingerprint density at radius 3 is 1.56 bits per heavy atom. The van der Waals surface area contributed by atoms with E-state index in [0.29, 0.717) is 58.0 Å². The molecular formula is C106H68N12OS5. The van der Waals surface area contributed by atoms with Crippen molar-refractivity contribution in [3.63, 3.8) is 0 Å². The van der Waals surface area contributed by atoms with E-state index in [1.165, 1.54) is 39.2 Å². The molecule has 0 radical (unpaired) electrons. The molecule has 13 nitrogen and oxygen atoms in total. The summed E-state index contributed by atoms with van der Waals surface area (Å²) in [5.41, 5.74) is 22.4. The second-order valence-electron chi connectivity index (χ2n) is 30.4. The molecular weight excluding hydrogens is 1620 g/mol. The molecule has 0 amide bonds. The average Bonchev–Trinajstić information content (AvgIpc) is 0.853. The fourth-order valence-corrected chi connectivity index (χ4v) is 22.2. The topological polar surface area (TPSA) is 164 Å². The second kappa shape index (κ2) is 32.3. The van der Waals surface area contributed by atoms with E-state index in [1.54, 1.807) is 11.8 Å². The van der Waals surface area contributed by atoms with Crippen LogP contribution < -0.4 is 16.0 Å². The minimum Gasteiger partial charge on any atom is -0.435 e. The van der Waals surface area contributed by atoms with Crippen LogP contribution >= 0.6 is 58.8 Å². The third-order valence-corrected chi connectivity index (χ3v) is 28.9. The number of aromatic nitrogens is 6. The Labute approximate surface area is 736 Å². The second-order valence-corrected chi connectivity index (χ2v) is 35.9. The summed E-state index contributed by atoms with van der Waals surface area (Å²) in [5, 5.41) is 11.4. The number of rotatable bonds is 16. The van der Waals surface area contributed by atoms with Crippen molar-refractivity contribution >= 4 is 98.8 Å². The zero-order valence-electron chi connectivity index (χ0n) is 66.0. The third kappa shape index (κ3) is 14.7. The zero-order valence-corrected chi connectivity index (χ0v) is 70.1. The molecule has 0 saturated heterocycles. The van der Waals surface area contributed by atoms with E-state index in [1.807, 2.05) is 138 Å². The van der Waals surface area contributed by atoms with Crippen LogP contribution in [0.4, 0.5) is 5.69 Å². The van der Waals surface area contributed by atoms with Gasteiger partial charge in [-0.2, -0.15) is 0 Å². The Morgan fingerprint density at radius 1 is 0.290 bits per heavy atom. The predicted molar refractivity (Wildman–Crippen MR) is 505 cm³/mol. The number of hydrogen-bond donors (Lipinski definition) is 3. The molecule has 15 aromatic carbocycles. The van der Waals surface area contributed by atoms with Crippen LogP contribution in [0.5, 0.6) is 0 Å². The molecule has 18 heteroatoms. The van der Waals surface area contributed by atoms with Gasteiger partial charge in [0.1, 0.15) is 34.4 Å². The van der Waals surface area contributed by atoms with Crippen LogP contribution in [-0.4, -0.2) is 47.4 Å². The molecule has 3 unspecified atom stereocenters. The summed E-state index contributed by atoms with van der Waals surface area (Å²) in [6.45, 7) is 0. The molecule has 3 atom stereocenters. The molecule has 0 saturated carbocycles. The molecule has 0 aliphatic carbocycles. The van der Waals surface area contributed by atoms with Crippen molar-refractivity contribution in [1.82, 2.24) is 40.5 Å². The summed E-state index contributed by atoms with van der Waals surface area (Å²) in [7, 11) is 0. The minimum atomic E-state index is -0.454. The Bertz CT molecular complexity index is 7310. The van der Waals surface area contributed by atoms with Crippen molar-refractivity contribution in [2.45, 2.75) is 61.6 Å². The van der Waals surface area contributed by atoms with Crippen LogP contribution in [0.2, 0.25) is 0 Å². The lowest BCUT2D eigenvalue weighted by molar-refractivity contribution is 0.580. The van der Waals surface area contributed by atoms with Crippen LogP contribution in [0, 0.1) is 0 Å². The zero-order chi connectivity index (χ0) is 82.0. The fourth-order valence-electron chi connectivity index (χ4n) is 16.3. The number of para-hydroxylation sites is 2. The van der Waals surface area contributed by atoms with Gasteiger partial charge in [-0.25, -0.2) is 44.9 Å². The number of nitrogens with zero attached hydrogens (tertiary/aromatic N) is 9. The minimum absolute atomic E-state index is 0.0678. The van der Waals surface area contributed by atoms with Crippen molar-refractivity contribution in [3.8, 4) is 101 Å². The highest BCUT2D eigenvalue weighted by Crippen LogP contribution is 2.55. The van der Waals surface area contributed by atoms with Gasteiger partial charge in [0.25, 0.3) is 0 Å². The SMILES string of the molecule is C1=C(c2nc3ccccc3o2)N=C(c2ccccc2)NC1c1cc(C2=NC(c3ccccc3)NC(c3cccc(-c4ccc(C5Nc6ccc(-c7nc(-c8ccccc8)nc(-c8ccc(-c9cccc%10c9Sc9ccccc9S%10)c(-c9cc(-c%10ccccc%10)nc(-c%10ccccc%10)n9)c8)n7)cc6S5)cc4)c3)=N2)ccc1-c1ccc2c(c1)Sc1ccccc1S2. The number of hydrogen-bond acceptors (Lipinski definition) is 18. The summed E-state index contributed by atoms with van der Waals surface area (Å²) in [4.78, 5) is 58.8. The Kier molecular flexibility index (Phi) is 19.5. The number of aliphatic imine (C=N–C) groups is 3. The van der Waals surface area contributed by atoms with E-state index in [9.17, 15) is 0 Å². The van der Waals surface area contributed by atoms with Gasteiger partial charge >= 0.3 is 0 Å². The highest BCUT2D eigenvalue weighted by atomic mass is 32.2. The van der Waals surface area contributed by atoms with Gasteiger partial charge in [0.05, 0.1) is 17.4 Å². The molecule has 23 rings (SSSR count). The van der Waals surface area contributed by atoms with E-state index < -0.39 is 12.2 Å². The largest absolute Gasteiger partial charge is 0.435 e. The molecule has 0 fully saturated rings. The summed E-state index contributed by atoms with van der Waals surface area (Å²) < 4.78 is 6.50. The first kappa shape index (κ1) is 74.8. The summed E-state index contributed by atoms with van der Waals surface area (Å²) in [5.74, 6) is 4.74. The van der Waals surface area contributed by atoms with Crippen molar-refractivity contribution in [3.05, 3.63) is 415 Å². The molecule has 3 N–H and O–H groups in total. The summed E-state index contributed by atoms with van der Waals surface area (Å²) >= 11 is 9.03. The van der Waals surface area contributed by atoms with E-state index >= 15 is 0 Å². The predicted octanol–water partition coefficient (Wildman–Crippen LogP) is 26.9. The average molecular weight is 1690 g/mol. The van der Waals surface area contributed by atoms with Gasteiger partial charge < -0.3 is 20.4 Å². The molecule has 0 bridgehead atoms. The standard InChI is InChI=1S/C106H68N12OS5/c1-6-24-64(25-7-1)83-61-84(108-97(107-83)65-26-8-2-9-27-65)80-58-74(49-53-77(80)78-36-23-43-93-96(78)123-91-42-21-20-41-90(91)121-93)103-115-100(68-32-14-5-15-33-68)116-104(118-103)75-50-54-82-94(60-75)124-106(112-82)69-46-44-63(45-47-69)70-34-22-35-72(56-70)101-113-99(67-30-12-4-13-31-67)114-102(117-101)73-48-52-76(71-51-55-92-95(59-71)122-89-40-19-18-39-88(89)120-92)79(57-73)85-62-86(105-111-81-37-16-17-38-87(81)119-105)110-98(109-85)66-28-10-3-11-29-66/h1-62,85,99,106,112H,(H,109,110)(H,113,114,117). The van der Waals surface area contributed by atoms with Crippen molar-refractivity contribution < 1.29 is 4.42 Å². The van der Waals surface area contributed by atoms with Gasteiger partial charge in [-0.3, -0.25) is 0 Å². The molecule has 3 aromatic heterocycles. The highest BCUT2D eigenvalue weighted by molar-refractivity contribution is 8.05. The Morgan fingerprint density at radius 2 is 0.831 bits per heavy atom. The van der Waals surface area contributed by atoms with Crippen LogP contribution in [-0.2, 0) is 0 Å². The van der Waals surface area contributed by atoms with Crippen molar-refractivity contribution in [2.24, 2.45) is 15.0 Å². The number of anilines is 1. The van der Waals surface area contributed by atoms with Crippen LogP contribution in [0.1, 0.15) is 56.9 Å². The summed E-state index contributed by atoms with van der Waals surface area (Å²) in [6, 6.07) is 129. The van der Waals surface area contributed by atoms with Gasteiger partial charge in [0, 0.05) is 99.8 Å². The number of fused-ring (bicyclic) bond motifs is 6. The van der Waals surface area contributed by atoms with Gasteiger partial charge in [-0.05, 0) is 153 Å². The number of oxazole rings is 1. The number of thioether (sulfide) groups is 1. The molecule has 18 aromatic rings. The normalized spacial score (nSPS) is 15.4. The maximum Gasteiger partial charge on any atom is 0.246 e. The molecule has 588 valence electrons. The lowest BCUT2D eigenvalue weighted by atomic mass is 9.91. The molecule has 0 spiro atoms. The highest BCUT2D eigenvalue weighted by Gasteiger charge is 2.32. The van der Waals surface area contributed by atoms with Crippen LogP contribution in [0.3, 0.4) is 0 Å². The Hall–Kier alpha value is -14.2. The van der Waals surface area contributed by atoms with Gasteiger partial charge in [0.2, 0.25) is 5.89 Å². The molecule has 5 aliphatic rings. The fraction of sp³-hybridized carbons (Fsp3) is 0.0283. The molecule has 124 heavy (non-hydrogen) atoms. The van der Waals surface area contributed by atoms with Crippen molar-refractivity contribution in [2.75, 3.05) is 5.32 Å². The van der Waals surface area contributed by atoms with Crippen molar-refractivity contribution in [1.29, 1.82) is 0 Å². The van der Waals surface area contributed by atoms with Crippen LogP contribution in [0.15, 0.2) is 440 Å². The quantitative estimate of drug-likeness (QED) is 0.0837. The first-order chi connectivity index (χ1) is 61.3. The van der Waals surface area contributed by atoms with E-state index in [0.717, 1.165) is 128 Å². The maximum absolute atomic E-state index is 6.50. The first-order valence-electron chi connectivity index (χ1n) is 40.8. The lowest BCUT2D eigenvalue weighted by Gasteiger charge is -2.27. The monoisotopic (exact) mass is 1680 g/mol. The Balaban J connectivity index is 0.562. The number of benzene rings is 15. The third-order valence-electron chi connectivity index (χ3n) is 22.5. The van der Waals surface area contributed by atoms with Gasteiger partial charge in [-0.15, -0.1) is 0 Å². The number of nitrogens with one attached hydrogen (secondary N) is 3. The van der Waals surface area contributed by atoms with Gasteiger partial charge in [0.15, 0.2) is 34.7 Å². The smallest absolute Gasteiger partial charge is 0.246 e. The number of amidine groups is 3. The maximum atomic E-state index is 6.50. The van der Waals surface area contributed by atoms with Gasteiger partial charge in [-0.1, -0.05) is 332 Å². The molecule has 8 heterocycles. The van der Waals surface area contributed by atoms with E-state index in [-0.39, 0.29) is 5.37 Å². The van der Waals surface area contributed by atoms with E-state index in [2.05, 4.69) is 301 Å². The molecule has 5 aliphatic heterocycles. The lowest BCUT2D eigenvalue weighted by Crippen LogP contribution is -2.34. The summed E-state index contributed by atoms with van der Waals surface area (Å²) in [6.07, 6.45) is 1.68. The first-order valence-corrected chi connectivity index (χ1v) is 45.0. The van der Waals surface area contributed by atoms with Crippen LogP contribution in [0.25, 0.3) is 118 Å².